The summed E-state index contributed by atoms with van der Waals surface area (Å²) in [5.74, 6) is 0.735. The molecule has 10 nitrogen and oxygen atoms in total. The molecule has 0 aliphatic rings. The highest BCUT2D eigenvalue weighted by Crippen LogP contribution is 2.21. The van der Waals surface area contributed by atoms with Crippen molar-refractivity contribution in [1.82, 2.24) is 4.98 Å². The molecule has 29 heavy (non-hydrogen) atoms. The second-order valence-electron chi connectivity index (χ2n) is 5.72. The number of hydrogen-bond acceptors (Lipinski definition) is 8. The van der Waals surface area contributed by atoms with Crippen LogP contribution in [-0.2, 0) is 11.4 Å². The summed E-state index contributed by atoms with van der Waals surface area (Å²) >= 11 is 0. The number of non-ortho nitro benzene ring substituents is 1. The molecule has 0 aliphatic carbocycles. The van der Waals surface area contributed by atoms with Crippen LogP contribution in [-0.4, -0.2) is 21.0 Å². The number of pyridine rings is 1. The molecule has 146 valence electrons. The smallest absolute Gasteiger partial charge is 0.287 e. The molecular weight excluding hydrogens is 380 g/mol. The van der Waals surface area contributed by atoms with Gasteiger partial charge in [-0.25, -0.2) is 4.98 Å². The lowest BCUT2D eigenvalue weighted by molar-refractivity contribution is -0.385. The van der Waals surface area contributed by atoms with Crippen LogP contribution in [0.15, 0.2) is 72.0 Å². The predicted octanol–water partition coefficient (Wildman–Crippen LogP) is 4.24. The van der Waals surface area contributed by atoms with Gasteiger partial charge in [0.05, 0.1) is 16.1 Å². The first kappa shape index (κ1) is 19.4. The molecule has 1 aromatic heterocycles. The fourth-order valence-corrected chi connectivity index (χ4v) is 2.25. The molecule has 0 saturated carbocycles. The molecule has 0 aliphatic heterocycles. The summed E-state index contributed by atoms with van der Waals surface area (Å²) in [6.45, 7) is 0.102. The maximum absolute atomic E-state index is 10.7. The van der Waals surface area contributed by atoms with Gasteiger partial charge in [-0.05, 0) is 35.4 Å². The summed E-state index contributed by atoms with van der Waals surface area (Å²) in [6.07, 6.45) is 2.61. The van der Waals surface area contributed by atoms with Gasteiger partial charge in [0.25, 0.3) is 11.4 Å². The van der Waals surface area contributed by atoms with Crippen molar-refractivity contribution in [1.29, 1.82) is 0 Å². The van der Waals surface area contributed by atoms with E-state index >= 15 is 0 Å². The van der Waals surface area contributed by atoms with Crippen molar-refractivity contribution in [2.75, 3.05) is 0 Å². The number of nitro groups is 2. The molecule has 1 heterocycles. The molecule has 0 radical (unpaired) electrons. The topological polar surface area (TPSA) is 130 Å². The highest BCUT2D eigenvalue weighted by atomic mass is 16.6. The minimum absolute atomic E-state index is 0.00632. The van der Waals surface area contributed by atoms with Crippen molar-refractivity contribution in [3.05, 3.63) is 98.2 Å². The van der Waals surface area contributed by atoms with Crippen LogP contribution < -0.4 is 4.74 Å². The molecule has 0 bridgehead atoms. The number of nitro benzene ring substituents is 1. The van der Waals surface area contributed by atoms with E-state index in [1.165, 1.54) is 30.5 Å². The molecule has 3 aromatic rings. The van der Waals surface area contributed by atoms with Crippen molar-refractivity contribution >= 4 is 17.6 Å². The standard InChI is InChI=1S/C19H14N4O6/c24-22(25)16-3-1-2-15(10-16)13-28-21-11-14-4-7-18(8-5-14)29-19-9-6-17(12-20-19)23(26)27/h1-12H,13H2/b21-11-. The van der Waals surface area contributed by atoms with Crippen molar-refractivity contribution in [2.24, 2.45) is 5.16 Å². The van der Waals surface area contributed by atoms with Gasteiger partial charge in [0.1, 0.15) is 18.6 Å². The zero-order chi connectivity index (χ0) is 20.6. The number of hydrogen-bond donors (Lipinski definition) is 0. The first-order valence-corrected chi connectivity index (χ1v) is 8.28. The highest BCUT2D eigenvalue weighted by molar-refractivity contribution is 5.79. The van der Waals surface area contributed by atoms with Gasteiger partial charge in [0.15, 0.2) is 0 Å². The third-order valence-corrected chi connectivity index (χ3v) is 3.66. The van der Waals surface area contributed by atoms with E-state index in [4.69, 9.17) is 9.57 Å². The van der Waals surface area contributed by atoms with Gasteiger partial charge >= 0.3 is 0 Å². The summed E-state index contributed by atoms with van der Waals surface area (Å²) < 4.78 is 5.52. The summed E-state index contributed by atoms with van der Waals surface area (Å²) in [5, 5.41) is 25.2. The minimum atomic E-state index is -0.536. The Bertz CT molecular complexity index is 1040. The first-order valence-electron chi connectivity index (χ1n) is 8.28. The molecule has 0 saturated heterocycles. The number of oxime groups is 1. The van der Waals surface area contributed by atoms with E-state index in [0.717, 1.165) is 11.8 Å². The van der Waals surface area contributed by atoms with Gasteiger partial charge in [-0.3, -0.25) is 20.2 Å². The summed E-state index contributed by atoms with van der Waals surface area (Å²) in [4.78, 5) is 29.4. The largest absolute Gasteiger partial charge is 0.439 e. The van der Waals surface area contributed by atoms with Gasteiger partial charge in [0, 0.05) is 24.3 Å². The van der Waals surface area contributed by atoms with Crippen molar-refractivity contribution in [2.45, 2.75) is 6.61 Å². The first-order chi connectivity index (χ1) is 14.0. The van der Waals surface area contributed by atoms with Crippen molar-refractivity contribution in [3.8, 4) is 11.6 Å². The van der Waals surface area contributed by atoms with E-state index in [0.29, 0.717) is 11.3 Å². The number of rotatable bonds is 8. The fourth-order valence-electron chi connectivity index (χ4n) is 2.25. The molecule has 0 amide bonds. The van der Waals surface area contributed by atoms with Crippen LogP contribution in [0.1, 0.15) is 11.1 Å². The van der Waals surface area contributed by atoms with Crippen LogP contribution in [0.2, 0.25) is 0 Å². The lowest BCUT2D eigenvalue weighted by Gasteiger charge is -2.04. The van der Waals surface area contributed by atoms with Crippen LogP contribution in [0.5, 0.6) is 11.6 Å². The van der Waals surface area contributed by atoms with Gasteiger partial charge in [-0.2, -0.15) is 0 Å². The van der Waals surface area contributed by atoms with Gasteiger partial charge in [-0.15, -0.1) is 0 Å². The summed E-state index contributed by atoms with van der Waals surface area (Å²) in [7, 11) is 0. The fraction of sp³-hybridized carbons (Fsp3) is 0.0526. The van der Waals surface area contributed by atoms with Crippen molar-refractivity contribution < 1.29 is 19.4 Å². The Morgan fingerprint density at radius 1 is 0.966 bits per heavy atom. The summed E-state index contributed by atoms with van der Waals surface area (Å²) in [5.41, 5.74) is 1.26. The third-order valence-electron chi connectivity index (χ3n) is 3.66. The van der Waals surface area contributed by atoms with Crippen LogP contribution >= 0.6 is 0 Å². The predicted molar refractivity (Wildman–Crippen MR) is 103 cm³/mol. The Hall–Kier alpha value is -4.34. The van der Waals surface area contributed by atoms with E-state index in [1.54, 1.807) is 36.4 Å². The lowest BCUT2D eigenvalue weighted by atomic mass is 10.2. The average Bonchev–Trinajstić information content (AvgIpc) is 2.73. The SMILES string of the molecule is O=[N+]([O-])c1ccc(Oc2ccc(/C=N\OCc3cccc([N+](=O)[O-])c3)cc2)nc1. The number of nitrogens with zero attached hydrogens (tertiary/aromatic N) is 4. The van der Waals surface area contributed by atoms with Gasteiger partial charge in [0.2, 0.25) is 5.88 Å². The zero-order valence-electron chi connectivity index (χ0n) is 14.9. The van der Waals surface area contributed by atoms with Crippen LogP contribution in [0, 0.1) is 20.2 Å². The monoisotopic (exact) mass is 394 g/mol. The quantitative estimate of drug-likeness (QED) is 0.317. The maximum atomic E-state index is 10.7. The normalized spacial score (nSPS) is 10.6. The molecule has 0 unspecified atom stereocenters. The number of benzene rings is 2. The van der Waals surface area contributed by atoms with E-state index in [-0.39, 0.29) is 23.9 Å². The maximum Gasteiger partial charge on any atom is 0.287 e. The van der Waals surface area contributed by atoms with E-state index in [9.17, 15) is 20.2 Å². The summed E-state index contributed by atoms with van der Waals surface area (Å²) in [6, 6.07) is 15.7. The van der Waals surface area contributed by atoms with Crippen molar-refractivity contribution in [3.63, 3.8) is 0 Å². The molecule has 2 aromatic carbocycles. The van der Waals surface area contributed by atoms with E-state index in [1.807, 2.05) is 0 Å². The zero-order valence-corrected chi connectivity index (χ0v) is 14.9. The Labute approximate surface area is 164 Å². The molecule has 3 rings (SSSR count). The van der Waals surface area contributed by atoms with E-state index in [2.05, 4.69) is 10.1 Å². The Kier molecular flexibility index (Phi) is 6.05. The highest BCUT2D eigenvalue weighted by Gasteiger charge is 2.07. The third kappa shape index (κ3) is 5.57. The van der Waals surface area contributed by atoms with Crippen LogP contribution in [0.25, 0.3) is 0 Å². The Morgan fingerprint density at radius 3 is 2.38 bits per heavy atom. The van der Waals surface area contributed by atoms with Crippen LogP contribution in [0.3, 0.4) is 0 Å². The van der Waals surface area contributed by atoms with Crippen LogP contribution in [0.4, 0.5) is 11.4 Å². The van der Waals surface area contributed by atoms with Gasteiger partial charge in [-0.1, -0.05) is 17.3 Å². The number of ether oxygens (including phenoxy) is 1. The molecule has 0 spiro atoms. The molecule has 10 heteroatoms. The Balaban J connectivity index is 1.52. The number of aromatic nitrogens is 1. The Morgan fingerprint density at radius 2 is 1.72 bits per heavy atom. The minimum Gasteiger partial charge on any atom is -0.439 e. The lowest BCUT2D eigenvalue weighted by Crippen LogP contribution is -1.92. The molecule has 0 atom stereocenters. The molecule has 0 N–H and O–H groups in total. The second-order valence-corrected chi connectivity index (χ2v) is 5.72. The second kappa shape index (κ2) is 9.04. The molecular formula is C19H14N4O6. The van der Waals surface area contributed by atoms with Gasteiger partial charge < -0.3 is 9.57 Å². The average molecular weight is 394 g/mol. The molecule has 0 fully saturated rings. The van der Waals surface area contributed by atoms with E-state index < -0.39 is 9.85 Å².